The van der Waals surface area contributed by atoms with Gasteiger partial charge in [-0.05, 0) is 32.3 Å². The molecular formula is C11H19NO2. The number of carboxylic acids is 1. The van der Waals surface area contributed by atoms with E-state index >= 15 is 0 Å². The minimum Gasteiger partial charge on any atom is -0.478 e. The van der Waals surface area contributed by atoms with Gasteiger partial charge in [-0.1, -0.05) is 6.92 Å². The monoisotopic (exact) mass is 197 g/mol. The quantitative estimate of drug-likeness (QED) is 0.702. The maximum absolute atomic E-state index is 10.9. The highest BCUT2D eigenvalue weighted by Crippen LogP contribution is 2.22. The lowest BCUT2D eigenvalue weighted by Gasteiger charge is -2.18. The van der Waals surface area contributed by atoms with E-state index in [4.69, 9.17) is 5.11 Å². The molecule has 0 spiro atoms. The maximum atomic E-state index is 10.9. The number of carboxylic acid groups (broad SMARTS) is 1. The minimum absolute atomic E-state index is 0.513. The van der Waals surface area contributed by atoms with E-state index in [1.165, 1.54) is 0 Å². The van der Waals surface area contributed by atoms with Crippen LogP contribution < -0.4 is 0 Å². The van der Waals surface area contributed by atoms with Crippen molar-refractivity contribution in [2.75, 3.05) is 13.1 Å². The molecule has 0 saturated carbocycles. The second-order valence-electron chi connectivity index (χ2n) is 4.06. The molecule has 1 heterocycles. The number of carbonyl (C=O) groups is 1. The third-order valence-corrected chi connectivity index (χ3v) is 2.86. The molecule has 0 amide bonds. The van der Waals surface area contributed by atoms with E-state index in [9.17, 15) is 4.79 Å². The lowest BCUT2D eigenvalue weighted by molar-refractivity contribution is -0.132. The summed E-state index contributed by atoms with van der Waals surface area (Å²) in [6.45, 7) is 8.05. The van der Waals surface area contributed by atoms with Crippen LogP contribution in [0.25, 0.3) is 0 Å². The van der Waals surface area contributed by atoms with E-state index < -0.39 is 5.97 Å². The molecular weight excluding hydrogens is 178 g/mol. The van der Waals surface area contributed by atoms with Gasteiger partial charge in [0, 0.05) is 24.7 Å². The zero-order valence-corrected chi connectivity index (χ0v) is 9.21. The molecule has 0 bridgehead atoms. The lowest BCUT2D eigenvalue weighted by atomic mass is 10.1. The molecule has 1 N–H and O–H groups in total. The summed E-state index contributed by atoms with van der Waals surface area (Å²) in [5.74, 6) is -0.742. The molecule has 1 aliphatic rings. The van der Waals surface area contributed by atoms with E-state index in [2.05, 4.69) is 18.7 Å². The van der Waals surface area contributed by atoms with Gasteiger partial charge in [0.1, 0.15) is 0 Å². The van der Waals surface area contributed by atoms with Crippen LogP contribution in [0.4, 0.5) is 0 Å². The van der Waals surface area contributed by atoms with Gasteiger partial charge in [-0.2, -0.15) is 0 Å². The molecule has 0 aromatic heterocycles. The Morgan fingerprint density at radius 3 is 2.57 bits per heavy atom. The van der Waals surface area contributed by atoms with Gasteiger partial charge in [0.15, 0.2) is 0 Å². The van der Waals surface area contributed by atoms with Crippen LogP contribution in [0.2, 0.25) is 0 Å². The number of nitrogens with zero attached hydrogens (tertiary/aromatic N) is 1. The van der Waals surface area contributed by atoms with Crippen LogP contribution >= 0.6 is 0 Å². The second-order valence-corrected chi connectivity index (χ2v) is 4.06. The summed E-state index contributed by atoms with van der Waals surface area (Å²) in [6, 6.07) is 0.513. The molecule has 1 fully saturated rings. The molecule has 0 atom stereocenters. The standard InChI is InChI=1S/C11H19NO2/c1-4-10(11(13)14)9-5-6-12(7-9)8(2)3/h8H,4-7H2,1-3H3,(H,13,14)/b10-9-. The number of aliphatic carboxylic acids is 1. The van der Waals surface area contributed by atoms with E-state index in [1.807, 2.05) is 6.92 Å². The summed E-state index contributed by atoms with van der Waals surface area (Å²) in [7, 11) is 0. The third-order valence-electron chi connectivity index (χ3n) is 2.86. The van der Waals surface area contributed by atoms with Crippen molar-refractivity contribution in [2.24, 2.45) is 0 Å². The average molecular weight is 197 g/mol. The first-order chi connectivity index (χ1) is 6.56. The minimum atomic E-state index is -0.742. The van der Waals surface area contributed by atoms with Crippen molar-refractivity contribution in [1.29, 1.82) is 0 Å². The first-order valence-electron chi connectivity index (χ1n) is 5.24. The molecule has 14 heavy (non-hydrogen) atoms. The molecule has 3 nitrogen and oxygen atoms in total. The van der Waals surface area contributed by atoms with Crippen LogP contribution in [0.3, 0.4) is 0 Å². The molecule has 1 aliphatic heterocycles. The third kappa shape index (κ3) is 2.35. The van der Waals surface area contributed by atoms with Gasteiger partial charge in [-0.3, -0.25) is 4.90 Å². The van der Waals surface area contributed by atoms with Crippen molar-refractivity contribution < 1.29 is 9.90 Å². The summed E-state index contributed by atoms with van der Waals surface area (Å²) < 4.78 is 0. The van der Waals surface area contributed by atoms with Gasteiger partial charge < -0.3 is 5.11 Å². The van der Waals surface area contributed by atoms with Crippen LogP contribution in [0.1, 0.15) is 33.6 Å². The fourth-order valence-corrected chi connectivity index (χ4v) is 1.92. The highest BCUT2D eigenvalue weighted by molar-refractivity contribution is 5.87. The average Bonchev–Trinajstić information content (AvgIpc) is 2.53. The van der Waals surface area contributed by atoms with Gasteiger partial charge in [-0.15, -0.1) is 0 Å². The molecule has 3 heteroatoms. The molecule has 0 aromatic rings. The van der Waals surface area contributed by atoms with Crippen molar-refractivity contribution in [3.63, 3.8) is 0 Å². The first kappa shape index (κ1) is 11.2. The van der Waals surface area contributed by atoms with Crippen LogP contribution in [0, 0.1) is 0 Å². The Labute approximate surface area is 85.4 Å². The van der Waals surface area contributed by atoms with Crippen molar-refractivity contribution >= 4 is 5.97 Å². The summed E-state index contributed by atoms with van der Waals surface area (Å²) in [4.78, 5) is 13.2. The Hall–Kier alpha value is -0.830. The van der Waals surface area contributed by atoms with Crippen molar-refractivity contribution in [2.45, 2.75) is 39.7 Å². The highest BCUT2D eigenvalue weighted by Gasteiger charge is 2.23. The van der Waals surface area contributed by atoms with Crippen molar-refractivity contribution in [1.82, 2.24) is 4.90 Å². The second kappa shape index (κ2) is 4.60. The van der Waals surface area contributed by atoms with E-state index in [1.54, 1.807) is 0 Å². The number of hydrogen-bond acceptors (Lipinski definition) is 2. The zero-order valence-electron chi connectivity index (χ0n) is 9.21. The van der Waals surface area contributed by atoms with Gasteiger partial charge >= 0.3 is 5.97 Å². The fraction of sp³-hybridized carbons (Fsp3) is 0.727. The highest BCUT2D eigenvalue weighted by atomic mass is 16.4. The van der Waals surface area contributed by atoms with Crippen LogP contribution in [-0.2, 0) is 4.79 Å². The summed E-state index contributed by atoms with van der Waals surface area (Å²) in [5.41, 5.74) is 1.74. The molecule has 0 unspecified atom stereocenters. The van der Waals surface area contributed by atoms with Crippen LogP contribution in [0.5, 0.6) is 0 Å². The predicted molar refractivity (Wildman–Crippen MR) is 56.3 cm³/mol. The number of likely N-dealkylation sites (tertiary alicyclic amines) is 1. The fourth-order valence-electron chi connectivity index (χ4n) is 1.92. The Bertz CT molecular complexity index is 256. The lowest BCUT2D eigenvalue weighted by Crippen LogP contribution is -2.27. The molecule has 0 aliphatic carbocycles. The summed E-state index contributed by atoms with van der Waals surface area (Å²) in [5, 5.41) is 8.98. The SMILES string of the molecule is CC/C(C(=O)O)=C1\CCN(C(C)C)C1. The zero-order chi connectivity index (χ0) is 10.7. The predicted octanol–water partition coefficient (Wildman–Crippen LogP) is 1.89. The molecule has 1 saturated heterocycles. The molecule has 0 radical (unpaired) electrons. The molecule has 1 rings (SSSR count). The van der Waals surface area contributed by atoms with Crippen LogP contribution in [-0.4, -0.2) is 35.1 Å². The Kier molecular flexibility index (Phi) is 3.69. The van der Waals surface area contributed by atoms with Gasteiger partial charge in [-0.25, -0.2) is 4.79 Å². The summed E-state index contributed by atoms with van der Waals surface area (Å²) in [6.07, 6.45) is 1.56. The Morgan fingerprint density at radius 1 is 1.57 bits per heavy atom. The van der Waals surface area contributed by atoms with Gasteiger partial charge in [0.25, 0.3) is 0 Å². The van der Waals surface area contributed by atoms with Crippen molar-refractivity contribution in [3.8, 4) is 0 Å². The molecule has 80 valence electrons. The van der Waals surface area contributed by atoms with E-state index in [0.29, 0.717) is 18.0 Å². The largest absolute Gasteiger partial charge is 0.478 e. The van der Waals surface area contributed by atoms with E-state index in [0.717, 1.165) is 25.1 Å². The van der Waals surface area contributed by atoms with Crippen molar-refractivity contribution in [3.05, 3.63) is 11.1 Å². The number of rotatable bonds is 3. The normalized spacial score (nSPS) is 21.7. The van der Waals surface area contributed by atoms with Crippen LogP contribution in [0.15, 0.2) is 11.1 Å². The topological polar surface area (TPSA) is 40.5 Å². The summed E-state index contributed by atoms with van der Waals surface area (Å²) >= 11 is 0. The number of hydrogen-bond donors (Lipinski definition) is 1. The van der Waals surface area contributed by atoms with Gasteiger partial charge in [0.05, 0.1) is 0 Å². The van der Waals surface area contributed by atoms with Gasteiger partial charge in [0.2, 0.25) is 0 Å². The Balaban J connectivity index is 2.76. The Morgan fingerprint density at radius 2 is 2.21 bits per heavy atom. The van der Waals surface area contributed by atoms with E-state index in [-0.39, 0.29) is 0 Å². The smallest absolute Gasteiger partial charge is 0.331 e. The molecule has 0 aromatic carbocycles. The maximum Gasteiger partial charge on any atom is 0.331 e. The first-order valence-corrected chi connectivity index (χ1v) is 5.24.